The van der Waals surface area contributed by atoms with Crippen molar-refractivity contribution in [2.24, 2.45) is 5.73 Å². The van der Waals surface area contributed by atoms with Crippen LogP contribution >= 0.6 is 11.3 Å². The van der Waals surface area contributed by atoms with Crippen LogP contribution in [-0.4, -0.2) is 53.3 Å². The molecular weight excluding hydrogens is 414 g/mol. The molecule has 31 heavy (non-hydrogen) atoms. The van der Waals surface area contributed by atoms with Crippen LogP contribution in [-0.2, 0) is 4.79 Å². The molecule has 1 aromatic carbocycles. The summed E-state index contributed by atoms with van der Waals surface area (Å²) in [5.41, 5.74) is 5.29. The van der Waals surface area contributed by atoms with Crippen LogP contribution < -0.4 is 11.4 Å². The standard InChI is InChI=1S/C23H25N3O4S/c24-22(29)23(26-10-4-1-5-11-26)8-12-25(13-9-23)20(27)18-14-16-19(31-18)15-6-2-3-7-17(15)30-21(16)28/h2-3,6-7,14H,1,4-5,8-13H2,(H2,24,29). The van der Waals surface area contributed by atoms with Gasteiger partial charge in [0, 0.05) is 18.5 Å². The van der Waals surface area contributed by atoms with Gasteiger partial charge in [0.05, 0.1) is 15.0 Å². The topological polar surface area (TPSA) is 96.9 Å². The van der Waals surface area contributed by atoms with Gasteiger partial charge in [0.25, 0.3) is 5.91 Å². The van der Waals surface area contributed by atoms with Crippen molar-refractivity contribution in [2.45, 2.75) is 37.6 Å². The SMILES string of the molecule is NC(=O)C1(N2CCCCC2)CCN(C(=O)c2cc3c(=O)oc4ccccc4c3s2)CC1. The summed E-state index contributed by atoms with van der Waals surface area (Å²) in [5.74, 6) is -0.395. The van der Waals surface area contributed by atoms with Gasteiger partial charge < -0.3 is 15.1 Å². The number of hydrogen-bond donors (Lipinski definition) is 1. The number of amides is 2. The van der Waals surface area contributed by atoms with Gasteiger partial charge in [0.1, 0.15) is 11.1 Å². The second kappa shape index (κ2) is 7.76. The number of para-hydroxylation sites is 1. The van der Waals surface area contributed by atoms with Crippen molar-refractivity contribution in [3.05, 3.63) is 45.6 Å². The molecule has 0 aliphatic carbocycles. The number of benzene rings is 1. The van der Waals surface area contributed by atoms with E-state index in [4.69, 9.17) is 10.2 Å². The first-order valence-electron chi connectivity index (χ1n) is 10.8. The zero-order chi connectivity index (χ0) is 21.6. The number of primary amides is 1. The van der Waals surface area contributed by atoms with Crippen LogP contribution in [0.3, 0.4) is 0 Å². The third-order valence-corrected chi connectivity index (χ3v) is 7.95. The number of thiophene rings is 1. The lowest BCUT2D eigenvalue weighted by atomic mass is 9.83. The lowest BCUT2D eigenvalue weighted by Crippen LogP contribution is -2.63. The summed E-state index contributed by atoms with van der Waals surface area (Å²) < 4.78 is 6.17. The maximum absolute atomic E-state index is 13.2. The van der Waals surface area contributed by atoms with Crippen LogP contribution in [0, 0.1) is 0 Å². The summed E-state index contributed by atoms with van der Waals surface area (Å²) >= 11 is 1.32. The van der Waals surface area contributed by atoms with E-state index in [2.05, 4.69) is 4.90 Å². The molecule has 162 valence electrons. The van der Waals surface area contributed by atoms with Gasteiger partial charge in [-0.3, -0.25) is 14.5 Å². The summed E-state index contributed by atoms with van der Waals surface area (Å²) in [6, 6.07) is 8.99. The highest BCUT2D eigenvalue weighted by Crippen LogP contribution is 2.34. The monoisotopic (exact) mass is 439 g/mol. The molecular formula is C23H25N3O4S. The van der Waals surface area contributed by atoms with Gasteiger partial charge in [-0.2, -0.15) is 0 Å². The molecule has 4 heterocycles. The Balaban J connectivity index is 1.41. The molecule has 2 N–H and O–H groups in total. The summed E-state index contributed by atoms with van der Waals surface area (Å²) in [6.45, 7) is 2.72. The van der Waals surface area contributed by atoms with E-state index in [0.717, 1.165) is 36.0 Å². The van der Waals surface area contributed by atoms with E-state index in [0.29, 0.717) is 41.8 Å². The highest BCUT2D eigenvalue weighted by Gasteiger charge is 2.46. The predicted molar refractivity (Wildman–Crippen MR) is 120 cm³/mol. The molecule has 5 rings (SSSR count). The molecule has 0 bridgehead atoms. The van der Waals surface area contributed by atoms with Crippen LogP contribution in [0.5, 0.6) is 0 Å². The Morgan fingerprint density at radius 3 is 2.42 bits per heavy atom. The van der Waals surface area contributed by atoms with Crippen molar-refractivity contribution >= 4 is 44.2 Å². The van der Waals surface area contributed by atoms with Crippen LogP contribution in [0.1, 0.15) is 41.8 Å². The fourth-order valence-electron chi connectivity index (χ4n) is 5.02. The molecule has 8 heteroatoms. The number of nitrogens with zero attached hydrogens (tertiary/aromatic N) is 2. The largest absolute Gasteiger partial charge is 0.422 e. The number of fused-ring (bicyclic) bond motifs is 3. The Morgan fingerprint density at radius 2 is 1.71 bits per heavy atom. The molecule has 2 aliphatic rings. The van der Waals surface area contributed by atoms with Crippen LogP contribution in [0.2, 0.25) is 0 Å². The second-order valence-corrected chi connectivity index (χ2v) is 9.53. The molecule has 3 aromatic rings. The highest BCUT2D eigenvalue weighted by atomic mass is 32.1. The number of likely N-dealkylation sites (tertiary alicyclic amines) is 2. The number of carbonyl (C=O) groups is 2. The predicted octanol–water partition coefficient (Wildman–Crippen LogP) is 2.95. The number of piperidine rings is 2. The van der Waals surface area contributed by atoms with Crippen molar-refractivity contribution < 1.29 is 14.0 Å². The maximum Gasteiger partial charge on any atom is 0.345 e. The van der Waals surface area contributed by atoms with E-state index in [1.54, 1.807) is 17.0 Å². The molecule has 0 unspecified atom stereocenters. The van der Waals surface area contributed by atoms with Gasteiger partial charge in [0.2, 0.25) is 5.91 Å². The lowest BCUT2D eigenvalue weighted by molar-refractivity contribution is -0.134. The Hall–Kier alpha value is -2.71. The summed E-state index contributed by atoms with van der Waals surface area (Å²) in [5, 5.41) is 1.27. The van der Waals surface area contributed by atoms with E-state index in [-0.39, 0.29) is 11.8 Å². The number of nitrogens with two attached hydrogens (primary N) is 1. The van der Waals surface area contributed by atoms with E-state index >= 15 is 0 Å². The van der Waals surface area contributed by atoms with Crippen LogP contribution in [0.15, 0.2) is 39.5 Å². The number of hydrogen-bond acceptors (Lipinski definition) is 6. The van der Waals surface area contributed by atoms with E-state index < -0.39 is 11.2 Å². The molecule has 0 atom stereocenters. The first-order chi connectivity index (χ1) is 15.0. The second-order valence-electron chi connectivity index (χ2n) is 8.47. The molecule has 0 saturated carbocycles. The van der Waals surface area contributed by atoms with Gasteiger partial charge >= 0.3 is 5.63 Å². The quantitative estimate of drug-likeness (QED) is 0.633. The summed E-state index contributed by atoms with van der Waals surface area (Å²) in [7, 11) is 0. The first kappa shape index (κ1) is 20.2. The van der Waals surface area contributed by atoms with Crippen molar-refractivity contribution in [1.29, 1.82) is 0 Å². The Labute approximate surface area is 183 Å². The Morgan fingerprint density at radius 1 is 1.00 bits per heavy atom. The third kappa shape index (κ3) is 3.34. The van der Waals surface area contributed by atoms with Crippen LogP contribution in [0.4, 0.5) is 0 Å². The average Bonchev–Trinajstić information content (AvgIpc) is 3.26. The fourth-order valence-corrected chi connectivity index (χ4v) is 6.17. The Bertz CT molecular complexity index is 1220. The smallest absolute Gasteiger partial charge is 0.345 e. The van der Waals surface area contributed by atoms with Crippen LogP contribution in [0.25, 0.3) is 21.1 Å². The van der Waals surface area contributed by atoms with E-state index in [9.17, 15) is 14.4 Å². The summed E-state index contributed by atoms with van der Waals surface area (Å²) in [4.78, 5) is 42.6. The fraction of sp³-hybridized carbons (Fsp3) is 0.435. The zero-order valence-electron chi connectivity index (χ0n) is 17.3. The van der Waals surface area contributed by atoms with Crippen molar-refractivity contribution in [2.75, 3.05) is 26.2 Å². The van der Waals surface area contributed by atoms with Crippen molar-refractivity contribution in [3.8, 4) is 0 Å². The molecule has 2 fully saturated rings. The molecule has 0 radical (unpaired) electrons. The number of carbonyl (C=O) groups excluding carboxylic acids is 2. The normalized spacial score (nSPS) is 19.7. The molecule has 2 amide bonds. The minimum Gasteiger partial charge on any atom is -0.422 e. The van der Waals surface area contributed by atoms with E-state index in [1.807, 2.05) is 18.2 Å². The van der Waals surface area contributed by atoms with Gasteiger partial charge in [0.15, 0.2) is 0 Å². The molecule has 2 aliphatic heterocycles. The summed E-state index contributed by atoms with van der Waals surface area (Å²) in [6.07, 6.45) is 4.44. The lowest BCUT2D eigenvalue weighted by Gasteiger charge is -2.48. The minimum absolute atomic E-state index is 0.110. The van der Waals surface area contributed by atoms with Gasteiger partial charge in [-0.05, 0) is 57.0 Å². The first-order valence-corrected chi connectivity index (χ1v) is 11.6. The molecule has 0 spiro atoms. The minimum atomic E-state index is -0.658. The number of rotatable bonds is 3. The molecule has 2 aromatic heterocycles. The van der Waals surface area contributed by atoms with Crippen molar-refractivity contribution in [1.82, 2.24) is 9.80 Å². The maximum atomic E-state index is 13.2. The Kier molecular flexibility index (Phi) is 5.06. The van der Waals surface area contributed by atoms with E-state index in [1.165, 1.54) is 17.8 Å². The average molecular weight is 440 g/mol. The third-order valence-electron chi connectivity index (χ3n) is 6.79. The van der Waals surface area contributed by atoms with Gasteiger partial charge in [-0.1, -0.05) is 18.6 Å². The van der Waals surface area contributed by atoms with Crippen molar-refractivity contribution in [3.63, 3.8) is 0 Å². The zero-order valence-corrected chi connectivity index (χ0v) is 18.1. The van der Waals surface area contributed by atoms with Gasteiger partial charge in [-0.15, -0.1) is 11.3 Å². The highest BCUT2D eigenvalue weighted by molar-refractivity contribution is 7.21. The molecule has 2 saturated heterocycles. The van der Waals surface area contributed by atoms with Gasteiger partial charge in [-0.25, -0.2) is 4.79 Å². The molecule has 7 nitrogen and oxygen atoms in total.